The van der Waals surface area contributed by atoms with Crippen molar-refractivity contribution in [3.8, 4) is 0 Å². The highest BCUT2D eigenvalue weighted by molar-refractivity contribution is 7.89. The van der Waals surface area contributed by atoms with E-state index in [2.05, 4.69) is 4.72 Å². The van der Waals surface area contributed by atoms with Gasteiger partial charge >= 0.3 is 0 Å². The van der Waals surface area contributed by atoms with Crippen molar-refractivity contribution in [1.29, 1.82) is 0 Å². The summed E-state index contributed by atoms with van der Waals surface area (Å²) in [6.07, 6.45) is 3.91. The normalized spacial score (nSPS) is 18.1. The lowest BCUT2D eigenvalue weighted by molar-refractivity contribution is 0.427. The van der Waals surface area contributed by atoms with Gasteiger partial charge in [0.05, 0.1) is 4.90 Å². The van der Waals surface area contributed by atoms with Gasteiger partial charge in [0.1, 0.15) is 4.99 Å². The molecule has 0 atom stereocenters. The standard InChI is InChI=1S/C14H20N2O2S2/c1-10-9-11(13(15)19)5-6-12(10)20(17,18)16-14(2)7-3-4-8-14/h5-6,9,16H,3-4,7-8H2,1-2H3,(H2,15,19). The zero-order chi connectivity index (χ0) is 15.0. The van der Waals surface area contributed by atoms with Crippen molar-refractivity contribution >= 4 is 27.2 Å². The van der Waals surface area contributed by atoms with Crippen LogP contribution < -0.4 is 10.5 Å². The molecule has 0 saturated heterocycles. The minimum absolute atomic E-state index is 0.271. The first-order chi connectivity index (χ1) is 9.23. The molecular formula is C14H20N2O2S2. The fourth-order valence-corrected chi connectivity index (χ4v) is 4.56. The van der Waals surface area contributed by atoms with Crippen LogP contribution in [0.5, 0.6) is 0 Å². The summed E-state index contributed by atoms with van der Waals surface area (Å²) in [5, 5.41) is 0. The minimum atomic E-state index is -3.51. The van der Waals surface area contributed by atoms with Gasteiger partial charge in [0.2, 0.25) is 10.0 Å². The summed E-state index contributed by atoms with van der Waals surface area (Å²) in [6, 6.07) is 4.94. The molecule has 0 bridgehead atoms. The number of hydrogen-bond acceptors (Lipinski definition) is 3. The molecule has 0 unspecified atom stereocenters. The van der Waals surface area contributed by atoms with Crippen LogP contribution in [-0.4, -0.2) is 18.9 Å². The van der Waals surface area contributed by atoms with Crippen LogP contribution in [0.1, 0.15) is 43.7 Å². The molecule has 110 valence electrons. The summed E-state index contributed by atoms with van der Waals surface area (Å²) in [7, 11) is -3.51. The molecule has 1 aliphatic carbocycles. The highest BCUT2D eigenvalue weighted by Gasteiger charge is 2.34. The maximum atomic E-state index is 12.5. The molecule has 4 nitrogen and oxygen atoms in total. The highest BCUT2D eigenvalue weighted by atomic mass is 32.2. The lowest BCUT2D eigenvalue weighted by atomic mass is 10.0. The summed E-state index contributed by atoms with van der Waals surface area (Å²) in [5.41, 5.74) is 6.58. The zero-order valence-electron chi connectivity index (χ0n) is 11.8. The van der Waals surface area contributed by atoms with Gasteiger partial charge in [-0.2, -0.15) is 0 Å². The van der Waals surface area contributed by atoms with Crippen molar-refractivity contribution in [2.75, 3.05) is 0 Å². The van der Waals surface area contributed by atoms with Crippen LogP contribution in [0.15, 0.2) is 23.1 Å². The molecular weight excluding hydrogens is 292 g/mol. The van der Waals surface area contributed by atoms with Crippen molar-refractivity contribution < 1.29 is 8.42 Å². The Bertz CT molecular complexity index is 633. The largest absolute Gasteiger partial charge is 0.389 e. The Balaban J connectivity index is 2.32. The van der Waals surface area contributed by atoms with E-state index < -0.39 is 10.0 Å². The summed E-state index contributed by atoms with van der Waals surface area (Å²) >= 11 is 4.90. The topological polar surface area (TPSA) is 72.2 Å². The Morgan fingerprint density at radius 3 is 2.45 bits per heavy atom. The first-order valence-corrected chi connectivity index (χ1v) is 8.57. The molecule has 1 aliphatic rings. The van der Waals surface area contributed by atoms with Crippen LogP contribution in [0.4, 0.5) is 0 Å². The highest BCUT2D eigenvalue weighted by Crippen LogP contribution is 2.31. The molecule has 0 spiro atoms. The van der Waals surface area contributed by atoms with Crippen LogP contribution in [0.3, 0.4) is 0 Å². The van der Waals surface area contributed by atoms with Gasteiger partial charge in [-0.15, -0.1) is 0 Å². The van der Waals surface area contributed by atoms with E-state index in [0.29, 0.717) is 16.0 Å². The molecule has 0 aromatic heterocycles. The summed E-state index contributed by atoms with van der Waals surface area (Å²) < 4.78 is 27.9. The Morgan fingerprint density at radius 1 is 1.35 bits per heavy atom. The van der Waals surface area contributed by atoms with Crippen LogP contribution >= 0.6 is 12.2 Å². The molecule has 1 fully saturated rings. The third-order valence-corrected chi connectivity index (χ3v) is 5.87. The Kier molecular flexibility index (Phi) is 4.18. The van der Waals surface area contributed by atoms with E-state index in [1.165, 1.54) is 0 Å². The third-order valence-electron chi connectivity index (χ3n) is 3.84. The van der Waals surface area contributed by atoms with E-state index in [1.807, 2.05) is 6.92 Å². The molecule has 1 aromatic carbocycles. The van der Waals surface area contributed by atoms with E-state index in [4.69, 9.17) is 18.0 Å². The predicted octanol–water partition coefficient (Wildman–Crippen LogP) is 2.24. The van der Waals surface area contributed by atoms with Gasteiger partial charge in [-0.1, -0.05) is 31.1 Å². The molecule has 6 heteroatoms. The van der Waals surface area contributed by atoms with Crippen molar-refractivity contribution in [2.45, 2.75) is 50.0 Å². The van der Waals surface area contributed by atoms with Gasteiger partial charge in [0.15, 0.2) is 0 Å². The van der Waals surface area contributed by atoms with Gasteiger partial charge in [0.25, 0.3) is 0 Å². The fraction of sp³-hybridized carbons (Fsp3) is 0.500. The quantitative estimate of drug-likeness (QED) is 0.836. The van der Waals surface area contributed by atoms with E-state index in [-0.39, 0.29) is 10.5 Å². The smallest absolute Gasteiger partial charge is 0.241 e. The van der Waals surface area contributed by atoms with Crippen molar-refractivity contribution in [2.24, 2.45) is 5.73 Å². The maximum absolute atomic E-state index is 12.5. The van der Waals surface area contributed by atoms with E-state index in [0.717, 1.165) is 25.7 Å². The van der Waals surface area contributed by atoms with Crippen molar-refractivity contribution in [3.63, 3.8) is 0 Å². The van der Waals surface area contributed by atoms with Crippen LogP contribution in [0.25, 0.3) is 0 Å². The first kappa shape index (κ1) is 15.4. The summed E-state index contributed by atoms with van der Waals surface area (Å²) in [4.78, 5) is 0.568. The number of benzene rings is 1. The second-order valence-electron chi connectivity index (χ2n) is 5.72. The van der Waals surface area contributed by atoms with E-state index >= 15 is 0 Å². The van der Waals surface area contributed by atoms with Gasteiger partial charge < -0.3 is 5.73 Å². The first-order valence-electron chi connectivity index (χ1n) is 6.68. The van der Waals surface area contributed by atoms with Gasteiger partial charge in [-0.25, -0.2) is 13.1 Å². The fourth-order valence-electron chi connectivity index (χ4n) is 2.74. The lowest BCUT2D eigenvalue weighted by Crippen LogP contribution is -2.43. The molecule has 20 heavy (non-hydrogen) atoms. The van der Waals surface area contributed by atoms with Crippen LogP contribution in [0.2, 0.25) is 0 Å². The maximum Gasteiger partial charge on any atom is 0.241 e. The number of nitrogens with one attached hydrogen (secondary N) is 1. The average Bonchev–Trinajstić information content (AvgIpc) is 2.74. The molecule has 0 heterocycles. The van der Waals surface area contributed by atoms with Crippen LogP contribution in [-0.2, 0) is 10.0 Å². The van der Waals surface area contributed by atoms with Crippen molar-refractivity contribution in [3.05, 3.63) is 29.3 Å². The lowest BCUT2D eigenvalue weighted by Gasteiger charge is -2.25. The third kappa shape index (κ3) is 3.19. The molecule has 0 radical (unpaired) electrons. The predicted molar refractivity (Wildman–Crippen MR) is 84.3 cm³/mol. The Hall–Kier alpha value is -0.980. The van der Waals surface area contributed by atoms with Crippen molar-refractivity contribution in [1.82, 2.24) is 4.72 Å². The van der Waals surface area contributed by atoms with Gasteiger partial charge in [-0.3, -0.25) is 0 Å². The average molecular weight is 312 g/mol. The Morgan fingerprint density at radius 2 is 1.95 bits per heavy atom. The number of rotatable bonds is 4. The number of hydrogen-bond donors (Lipinski definition) is 2. The van der Waals surface area contributed by atoms with E-state index in [9.17, 15) is 8.42 Å². The number of sulfonamides is 1. The second kappa shape index (κ2) is 5.42. The SMILES string of the molecule is Cc1cc(C(N)=S)ccc1S(=O)(=O)NC1(C)CCCC1. The number of aryl methyl sites for hydroxylation is 1. The molecule has 0 amide bonds. The number of nitrogens with two attached hydrogens (primary N) is 1. The summed E-state index contributed by atoms with van der Waals surface area (Å²) in [5.74, 6) is 0. The molecule has 2 rings (SSSR count). The zero-order valence-corrected chi connectivity index (χ0v) is 13.4. The second-order valence-corrected chi connectivity index (χ2v) is 7.81. The molecule has 1 aromatic rings. The number of thiocarbonyl (C=S) groups is 1. The van der Waals surface area contributed by atoms with Gasteiger partial charge in [-0.05, 0) is 44.4 Å². The monoisotopic (exact) mass is 312 g/mol. The van der Waals surface area contributed by atoms with Gasteiger partial charge in [0, 0.05) is 11.1 Å². The van der Waals surface area contributed by atoms with Crippen LogP contribution in [0, 0.1) is 6.92 Å². The molecule has 1 saturated carbocycles. The van der Waals surface area contributed by atoms with E-state index in [1.54, 1.807) is 25.1 Å². The molecule has 3 N–H and O–H groups in total. The summed E-state index contributed by atoms with van der Waals surface area (Å²) in [6.45, 7) is 3.73. The minimum Gasteiger partial charge on any atom is -0.389 e. The molecule has 0 aliphatic heterocycles. The Labute approximate surface area is 125 Å².